The van der Waals surface area contributed by atoms with Crippen molar-refractivity contribution in [1.29, 1.82) is 0 Å². The fourth-order valence-electron chi connectivity index (χ4n) is 3.70. The molecule has 0 radical (unpaired) electrons. The zero-order valence-corrected chi connectivity index (χ0v) is 17.2. The van der Waals surface area contributed by atoms with E-state index >= 15 is 0 Å². The Morgan fingerprint density at radius 1 is 1.15 bits per heavy atom. The Kier molecular flexibility index (Phi) is 6.31. The number of likely N-dealkylation sites (tertiary alicyclic amines) is 1. The van der Waals surface area contributed by atoms with Gasteiger partial charge < -0.3 is 14.7 Å². The van der Waals surface area contributed by atoms with Crippen LogP contribution in [-0.2, 0) is 11.3 Å². The molecule has 1 amide bonds. The molecule has 27 heavy (non-hydrogen) atoms. The van der Waals surface area contributed by atoms with Crippen LogP contribution in [0.4, 0.5) is 4.79 Å². The molecule has 2 heterocycles. The van der Waals surface area contributed by atoms with E-state index in [1.807, 2.05) is 32.9 Å². The van der Waals surface area contributed by atoms with Gasteiger partial charge in [0, 0.05) is 44.3 Å². The van der Waals surface area contributed by atoms with Crippen LogP contribution >= 0.6 is 11.6 Å². The monoisotopic (exact) mass is 395 g/mol. The highest BCUT2D eigenvalue weighted by molar-refractivity contribution is 6.30. The van der Waals surface area contributed by atoms with Crippen LogP contribution in [0.3, 0.4) is 0 Å². The average molecular weight is 396 g/mol. The van der Waals surface area contributed by atoms with Crippen molar-refractivity contribution in [3.8, 4) is 0 Å². The van der Waals surface area contributed by atoms with Gasteiger partial charge in [0.25, 0.3) is 0 Å². The first-order chi connectivity index (χ1) is 12.7. The lowest BCUT2D eigenvalue weighted by Gasteiger charge is -2.38. The van der Waals surface area contributed by atoms with Crippen molar-refractivity contribution < 1.29 is 14.6 Å². The van der Waals surface area contributed by atoms with Crippen LogP contribution in [0, 0.1) is 0 Å². The summed E-state index contributed by atoms with van der Waals surface area (Å²) in [5, 5.41) is 11.2. The molecular formula is C20H30ClN3O3. The zero-order chi connectivity index (χ0) is 19.6. The number of benzene rings is 1. The van der Waals surface area contributed by atoms with Crippen LogP contribution < -0.4 is 0 Å². The number of amides is 1. The summed E-state index contributed by atoms with van der Waals surface area (Å²) in [4.78, 5) is 18.6. The lowest BCUT2D eigenvalue weighted by atomic mass is 10.1. The molecule has 3 rings (SSSR count). The fraction of sp³-hybridized carbons (Fsp3) is 0.650. The van der Waals surface area contributed by atoms with Crippen LogP contribution in [0.5, 0.6) is 0 Å². The second-order valence-corrected chi connectivity index (χ2v) is 8.90. The standard InChI is InChI=1S/C20H30ClN3O3/c1-20(2,3)27-19(26)24-13-17(18(25)14-24)23-10-8-22(9-11-23)12-15-4-6-16(21)7-5-15/h4-7,17-18,25H,8-14H2,1-3H3. The Balaban J connectivity index is 1.49. The third kappa shape index (κ3) is 5.57. The molecule has 150 valence electrons. The number of β-amino-alcohol motifs (C(OH)–C–C–N with tert-alkyl or cyclic N) is 1. The predicted octanol–water partition coefficient (Wildman–Crippen LogP) is 2.44. The molecule has 0 aromatic heterocycles. The number of aliphatic hydroxyl groups excluding tert-OH is 1. The molecule has 2 unspecified atom stereocenters. The average Bonchev–Trinajstić information content (AvgIpc) is 2.98. The van der Waals surface area contributed by atoms with Gasteiger partial charge in [-0.2, -0.15) is 0 Å². The number of piperazine rings is 1. The molecule has 2 saturated heterocycles. The van der Waals surface area contributed by atoms with Gasteiger partial charge >= 0.3 is 6.09 Å². The van der Waals surface area contributed by atoms with Gasteiger partial charge in [-0.05, 0) is 38.5 Å². The highest BCUT2D eigenvalue weighted by Crippen LogP contribution is 2.21. The summed E-state index contributed by atoms with van der Waals surface area (Å²) < 4.78 is 5.44. The second kappa shape index (κ2) is 8.35. The number of aliphatic hydroxyl groups is 1. The maximum Gasteiger partial charge on any atom is 0.410 e. The summed E-state index contributed by atoms with van der Waals surface area (Å²) in [6.45, 7) is 11.0. The molecule has 2 aliphatic rings. The van der Waals surface area contributed by atoms with E-state index in [1.54, 1.807) is 4.90 Å². The molecule has 0 spiro atoms. The topological polar surface area (TPSA) is 56.2 Å². The van der Waals surface area contributed by atoms with Gasteiger partial charge in [0.05, 0.1) is 18.7 Å². The molecule has 2 fully saturated rings. The maximum absolute atomic E-state index is 12.3. The van der Waals surface area contributed by atoms with Crippen molar-refractivity contribution >= 4 is 17.7 Å². The SMILES string of the molecule is CC(C)(C)OC(=O)N1CC(O)C(N2CCN(Cc3ccc(Cl)cc3)CC2)C1. The molecule has 1 aromatic carbocycles. The quantitative estimate of drug-likeness (QED) is 0.851. The number of carbonyl (C=O) groups is 1. The van der Waals surface area contributed by atoms with Crippen molar-refractivity contribution in [2.24, 2.45) is 0 Å². The molecule has 2 aliphatic heterocycles. The Morgan fingerprint density at radius 2 is 1.78 bits per heavy atom. The van der Waals surface area contributed by atoms with Crippen molar-refractivity contribution in [2.45, 2.75) is 45.1 Å². The second-order valence-electron chi connectivity index (χ2n) is 8.46. The van der Waals surface area contributed by atoms with Crippen molar-refractivity contribution in [3.63, 3.8) is 0 Å². The summed E-state index contributed by atoms with van der Waals surface area (Å²) in [6, 6.07) is 7.96. The van der Waals surface area contributed by atoms with Crippen molar-refractivity contribution in [2.75, 3.05) is 39.3 Å². The van der Waals surface area contributed by atoms with E-state index in [4.69, 9.17) is 16.3 Å². The number of hydrogen-bond acceptors (Lipinski definition) is 5. The summed E-state index contributed by atoms with van der Waals surface area (Å²) >= 11 is 5.95. The minimum Gasteiger partial charge on any atom is -0.444 e. The number of ether oxygens (including phenoxy) is 1. The van der Waals surface area contributed by atoms with Crippen LogP contribution in [0.15, 0.2) is 24.3 Å². The Hall–Kier alpha value is -1.34. The zero-order valence-electron chi connectivity index (χ0n) is 16.4. The van der Waals surface area contributed by atoms with Crippen LogP contribution in [-0.4, -0.2) is 82.9 Å². The smallest absolute Gasteiger partial charge is 0.410 e. The van der Waals surface area contributed by atoms with E-state index in [0.717, 1.165) is 37.7 Å². The third-order valence-corrected chi connectivity index (χ3v) is 5.36. The predicted molar refractivity (Wildman–Crippen MR) is 106 cm³/mol. The first-order valence-corrected chi connectivity index (χ1v) is 9.96. The molecule has 7 heteroatoms. The van der Waals surface area contributed by atoms with Gasteiger partial charge in [0.15, 0.2) is 0 Å². The molecular weight excluding hydrogens is 366 g/mol. The normalized spacial score (nSPS) is 25.0. The first-order valence-electron chi connectivity index (χ1n) is 9.58. The molecule has 1 N–H and O–H groups in total. The maximum atomic E-state index is 12.3. The lowest BCUT2D eigenvalue weighted by Crippen LogP contribution is -2.53. The van der Waals surface area contributed by atoms with E-state index in [1.165, 1.54) is 5.56 Å². The molecule has 0 saturated carbocycles. The Labute approximate surface area is 166 Å². The summed E-state index contributed by atoms with van der Waals surface area (Å²) in [5.41, 5.74) is 0.734. The van der Waals surface area contributed by atoms with E-state index < -0.39 is 11.7 Å². The van der Waals surface area contributed by atoms with Gasteiger partial charge in [0.2, 0.25) is 0 Å². The van der Waals surface area contributed by atoms with Crippen LogP contribution in [0.25, 0.3) is 0 Å². The van der Waals surface area contributed by atoms with Gasteiger partial charge in [-0.15, -0.1) is 0 Å². The molecule has 1 aromatic rings. The highest BCUT2D eigenvalue weighted by Gasteiger charge is 2.40. The number of halogens is 1. The Morgan fingerprint density at radius 3 is 2.37 bits per heavy atom. The number of hydrogen-bond donors (Lipinski definition) is 1. The first kappa shape index (κ1) is 20.4. The minimum atomic E-state index is -0.527. The van der Waals surface area contributed by atoms with Gasteiger partial charge in [-0.1, -0.05) is 23.7 Å². The number of nitrogens with zero attached hydrogens (tertiary/aromatic N) is 3. The summed E-state index contributed by atoms with van der Waals surface area (Å²) in [5.74, 6) is 0. The van der Waals surface area contributed by atoms with Gasteiger partial charge in [-0.3, -0.25) is 9.80 Å². The lowest BCUT2D eigenvalue weighted by molar-refractivity contribution is 0.0267. The highest BCUT2D eigenvalue weighted by atomic mass is 35.5. The number of carbonyl (C=O) groups excluding carboxylic acids is 1. The third-order valence-electron chi connectivity index (χ3n) is 5.11. The fourth-order valence-corrected chi connectivity index (χ4v) is 3.83. The molecule has 0 bridgehead atoms. The summed E-state index contributed by atoms with van der Waals surface area (Å²) in [6.07, 6.45) is -0.870. The van der Waals surface area contributed by atoms with Gasteiger partial charge in [-0.25, -0.2) is 4.79 Å². The molecule has 0 aliphatic carbocycles. The van der Waals surface area contributed by atoms with E-state index in [0.29, 0.717) is 13.1 Å². The van der Waals surface area contributed by atoms with Crippen LogP contribution in [0.2, 0.25) is 5.02 Å². The largest absolute Gasteiger partial charge is 0.444 e. The minimum absolute atomic E-state index is 0.0183. The van der Waals surface area contributed by atoms with E-state index in [2.05, 4.69) is 21.9 Å². The van der Waals surface area contributed by atoms with Gasteiger partial charge in [0.1, 0.15) is 5.60 Å². The van der Waals surface area contributed by atoms with E-state index in [9.17, 15) is 9.90 Å². The molecule has 2 atom stereocenters. The Bertz CT molecular complexity index is 639. The van der Waals surface area contributed by atoms with Crippen LogP contribution in [0.1, 0.15) is 26.3 Å². The van der Waals surface area contributed by atoms with E-state index in [-0.39, 0.29) is 12.1 Å². The van der Waals surface area contributed by atoms with Crippen molar-refractivity contribution in [1.82, 2.24) is 14.7 Å². The summed E-state index contributed by atoms with van der Waals surface area (Å²) in [7, 11) is 0. The van der Waals surface area contributed by atoms with Crippen molar-refractivity contribution in [3.05, 3.63) is 34.9 Å². The number of rotatable bonds is 3. The molecule has 6 nitrogen and oxygen atoms in total.